The molecule has 0 rings (SSSR count). The van der Waals surface area contributed by atoms with Crippen molar-refractivity contribution in [1.29, 1.82) is 0 Å². The van der Waals surface area contributed by atoms with E-state index in [4.69, 9.17) is 0 Å². The Morgan fingerprint density at radius 2 is 0.184 bits per heavy atom. The molecule has 0 aromatic carbocycles. The molecule has 0 atom stereocenters. The van der Waals surface area contributed by atoms with Crippen LogP contribution in [0.2, 0.25) is 0 Å². The third-order valence-corrected chi connectivity index (χ3v) is 21.1. The van der Waals surface area contributed by atoms with Crippen molar-refractivity contribution >= 4 is 7.92 Å². The van der Waals surface area contributed by atoms with Crippen molar-refractivity contribution in [2.24, 2.45) is 0 Å². The molecule has 0 aromatic heterocycles. The first kappa shape index (κ1) is 76.4. The molecule has 0 aliphatic carbocycles. The monoisotopic (exact) mass is 1090 g/mol. The summed E-state index contributed by atoms with van der Waals surface area (Å²) in [4.78, 5) is 0. The van der Waals surface area contributed by atoms with Crippen LogP contribution in [0.3, 0.4) is 0 Å². The van der Waals surface area contributed by atoms with Crippen molar-refractivity contribution in [3.63, 3.8) is 0 Å². The molecule has 0 nitrogen and oxygen atoms in total. The SMILES string of the molecule is CCCCCCCCCCCCCCCCCCCCCCCCCP(CCCCCCCCCCCCCCCCCCCCCCCCC)CCCCCCCCCCCCCCCCCCCCCCCCC. The molecule has 0 heterocycles. The van der Waals surface area contributed by atoms with Crippen LogP contribution in [0.25, 0.3) is 0 Å². The molecule has 76 heavy (non-hydrogen) atoms. The van der Waals surface area contributed by atoms with Crippen molar-refractivity contribution in [2.75, 3.05) is 18.5 Å². The molecular formula is C75H153P. The molecule has 0 saturated carbocycles. The molecule has 0 unspecified atom stereocenters. The van der Waals surface area contributed by atoms with Gasteiger partial charge in [0.15, 0.2) is 0 Å². The van der Waals surface area contributed by atoms with Crippen LogP contribution in [0.5, 0.6) is 0 Å². The van der Waals surface area contributed by atoms with Crippen molar-refractivity contribution in [3.05, 3.63) is 0 Å². The lowest BCUT2D eigenvalue weighted by Crippen LogP contribution is -1.97. The average Bonchev–Trinajstić information content (AvgIpc) is 3.43. The minimum absolute atomic E-state index is 0.296. The summed E-state index contributed by atoms with van der Waals surface area (Å²) in [5.41, 5.74) is 0. The van der Waals surface area contributed by atoms with Crippen LogP contribution in [0.15, 0.2) is 0 Å². The predicted octanol–water partition coefficient (Wildman–Crippen LogP) is 29.4. The Labute approximate surface area is 487 Å². The second kappa shape index (κ2) is 73.4. The summed E-state index contributed by atoms with van der Waals surface area (Å²) in [6.07, 6.45) is 108. The van der Waals surface area contributed by atoms with Gasteiger partial charge < -0.3 is 0 Å². The highest BCUT2D eigenvalue weighted by Gasteiger charge is 2.09. The van der Waals surface area contributed by atoms with Crippen LogP contribution < -0.4 is 0 Å². The fourth-order valence-electron chi connectivity index (χ4n) is 12.7. The van der Waals surface area contributed by atoms with Gasteiger partial charge in [-0.2, -0.15) is 0 Å². The van der Waals surface area contributed by atoms with Gasteiger partial charge in [-0.15, -0.1) is 7.92 Å². The maximum absolute atomic E-state index is 2.32. The maximum atomic E-state index is 2.32. The second-order valence-electron chi connectivity index (χ2n) is 26.2. The predicted molar refractivity (Wildman–Crippen MR) is 357 cm³/mol. The van der Waals surface area contributed by atoms with Gasteiger partial charge in [-0.3, -0.25) is 0 Å². The summed E-state index contributed by atoms with van der Waals surface area (Å²) in [6.45, 7) is 6.97. The van der Waals surface area contributed by atoms with E-state index in [0.717, 1.165) is 0 Å². The summed E-state index contributed by atoms with van der Waals surface area (Å²) >= 11 is 0. The largest absolute Gasteiger partial charge is 0.107 e. The zero-order valence-electron chi connectivity index (χ0n) is 54.4. The van der Waals surface area contributed by atoms with Gasteiger partial charge in [-0.25, -0.2) is 0 Å². The quantitative estimate of drug-likeness (QED) is 0.0421. The number of rotatable bonds is 72. The number of unbranched alkanes of at least 4 members (excludes halogenated alkanes) is 66. The third-order valence-electron chi connectivity index (χ3n) is 18.2. The summed E-state index contributed by atoms with van der Waals surface area (Å²) in [5.74, 6) is 0. The highest BCUT2D eigenvalue weighted by atomic mass is 31.1. The molecule has 1 heteroatoms. The molecule has 0 aliphatic heterocycles. The van der Waals surface area contributed by atoms with Gasteiger partial charge in [0.25, 0.3) is 0 Å². The lowest BCUT2D eigenvalue weighted by Gasteiger charge is -2.18. The molecule has 0 spiro atoms. The standard InChI is InChI=1S/C75H153P/c1-4-7-10-13-16-19-22-25-28-31-34-37-40-43-46-49-52-55-58-61-64-67-70-73-76(74-71-68-65-62-59-56-53-50-47-44-41-38-35-32-29-26-23-20-17-14-11-8-5-2)75-72-69-66-63-60-57-54-51-48-45-42-39-36-33-30-27-24-21-18-15-12-9-6-3/h4-75H2,1-3H3. The molecule has 458 valence electrons. The zero-order valence-corrected chi connectivity index (χ0v) is 55.3. The highest BCUT2D eigenvalue weighted by molar-refractivity contribution is 7.57. The van der Waals surface area contributed by atoms with E-state index in [9.17, 15) is 0 Å². The topological polar surface area (TPSA) is 0 Å². The van der Waals surface area contributed by atoms with Gasteiger partial charge in [-0.05, 0) is 37.7 Å². The fraction of sp³-hybridized carbons (Fsp3) is 1.00. The Kier molecular flexibility index (Phi) is 73.9. The zero-order chi connectivity index (χ0) is 54.5. The van der Waals surface area contributed by atoms with E-state index in [0.29, 0.717) is 7.92 Å². The Morgan fingerprint density at radius 1 is 0.105 bits per heavy atom. The second-order valence-corrected chi connectivity index (χ2v) is 28.9. The van der Waals surface area contributed by atoms with Crippen molar-refractivity contribution in [3.8, 4) is 0 Å². The third kappa shape index (κ3) is 70.5. The van der Waals surface area contributed by atoms with E-state index in [1.165, 1.54) is 424 Å². The van der Waals surface area contributed by atoms with Gasteiger partial charge in [0.1, 0.15) is 0 Å². The first-order valence-electron chi connectivity index (χ1n) is 37.6. The van der Waals surface area contributed by atoms with Crippen molar-refractivity contribution in [1.82, 2.24) is 0 Å². The van der Waals surface area contributed by atoms with Crippen molar-refractivity contribution in [2.45, 2.75) is 464 Å². The first-order valence-corrected chi connectivity index (χ1v) is 39.5. The minimum atomic E-state index is 0.296. The molecule has 0 aromatic rings. The van der Waals surface area contributed by atoms with E-state index in [-0.39, 0.29) is 0 Å². The highest BCUT2D eigenvalue weighted by Crippen LogP contribution is 2.39. The van der Waals surface area contributed by atoms with Crippen molar-refractivity contribution < 1.29 is 0 Å². The molecule has 0 radical (unpaired) electrons. The fourth-order valence-corrected chi connectivity index (χ4v) is 15.4. The molecule has 0 N–H and O–H groups in total. The Bertz CT molecular complexity index is 823. The average molecular weight is 1090 g/mol. The first-order chi connectivity index (χ1) is 37.8. The lowest BCUT2D eigenvalue weighted by atomic mass is 10.0. The minimum Gasteiger partial charge on any atom is -0.107 e. The van der Waals surface area contributed by atoms with E-state index < -0.39 is 0 Å². The Balaban J connectivity index is 3.99. The Hall–Kier alpha value is 0.430. The van der Waals surface area contributed by atoms with Crippen LogP contribution in [-0.2, 0) is 0 Å². The summed E-state index contributed by atoms with van der Waals surface area (Å²) < 4.78 is 0. The van der Waals surface area contributed by atoms with E-state index in [2.05, 4.69) is 20.8 Å². The molecule has 0 saturated heterocycles. The van der Waals surface area contributed by atoms with Crippen LogP contribution in [-0.4, -0.2) is 18.5 Å². The van der Waals surface area contributed by atoms with Gasteiger partial charge in [0.2, 0.25) is 0 Å². The van der Waals surface area contributed by atoms with E-state index in [1.807, 2.05) is 0 Å². The van der Waals surface area contributed by atoms with E-state index >= 15 is 0 Å². The molecule has 0 bridgehead atoms. The lowest BCUT2D eigenvalue weighted by molar-refractivity contribution is 0.518. The van der Waals surface area contributed by atoms with Crippen LogP contribution in [0.4, 0.5) is 0 Å². The Morgan fingerprint density at radius 3 is 0.276 bits per heavy atom. The summed E-state index contributed by atoms with van der Waals surface area (Å²) in [6, 6.07) is 0. The van der Waals surface area contributed by atoms with Crippen LogP contribution >= 0.6 is 7.92 Å². The van der Waals surface area contributed by atoms with Gasteiger partial charge in [0, 0.05) is 0 Å². The number of hydrogen-bond acceptors (Lipinski definition) is 0. The van der Waals surface area contributed by atoms with Gasteiger partial charge in [0.05, 0.1) is 0 Å². The maximum Gasteiger partial charge on any atom is -0.0326 e. The summed E-state index contributed by atoms with van der Waals surface area (Å²) in [5, 5.41) is 0. The smallest absolute Gasteiger partial charge is 0.0326 e. The van der Waals surface area contributed by atoms with Crippen LogP contribution in [0, 0.1) is 0 Å². The van der Waals surface area contributed by atoms with E-state index in [1.54, 1.807) is 37.7 Å². The normalized spacial score (nSPS) is 11.8. The van der Waals surface area contributed by atoms with Gasteiger partial charge in [-0.1, -0.05) is 445 Å². The molecule has 0 amide bonds. The number of hydrogen-bond donors (Lipinski definition) is 0. The van der Waals surface area contributed by atoms with Crippen LogP contribution in [0.1, 0.15) is 464 Å². The summed E-state index contributed by atoms with van der Waals surface area (Å²) in [7, 11) is 0.296. The molecular weight excluding hydrogens is 932 g/mol. The molecule has 0 aliphatic rings. The molecule has 0 fully saturated rings. The van der Waals surface area contributed by atoms with Gasteiger partial charge >= 0.3 is 0 Å².